The number of imidazole rings is 1. The van der Waals surface area contributed by atoms with Crippen LogP contribution in [0, 0.1) is 6.92 Å². The summed E-state index contributed by atoms with van der Waals surface area (Å²) in [4.78, 5) is 19.8. The van der Waals surface area contributed by atoms with Crippen molar-refractivity contribution in [1.82, 2.24) is 25.1 Å². The summed E-state index contributed by atoms with van der Waals surface area (Å²) in [5, 5.41) is 7.59. The molecule has 0 aliphatic heterocycles. The zero-order valence-corrected chi connectivity index (χ0v) is 14.4. The number of fused-ring (bicyclic) bond motifs is 1. The van der Waals surface area contributed by atoms with Gasteiger partial charge in [0.1, 0.15) is 11.0 Å². The molecule has 0 spiro atoms. The molecular weight excluding hydrogens is 326 g/mol. The van der Waals surface area contributed by atoms with Gasteiger partial charge in [-0.05, 0) is 32.1 Å². The van der Waals surface area contributed by atoms with Crippen LogP contribution in [0.1, 0.15) is 30.0 Å². The van der Waals surface area contributed by atoms with Crippen molar-refractivity contribution in [3.8, 4) is 0 Å². The average molecular weight is 344 g/mol. The molecule has 0 radical (unpaired) electrons. The molecule has 0 saturated heterocycles. The van der Waals surface area contributed by atoms with Crippen LogP contribution < -0.4 is 5.32 Å². The van der Waals surface area contributed by atoms with Gasteiger partial charge in [-0.25, -0.2) is 4.98 Å². The van der Waals surface area contributed by atoms with E-state index in [4.69, 9.17) is 11.6 Å². The minimum absolute atomic E-state index is 0.220. The van der Waals surface area contributed by atoms with Gasteiger partial charge in [0.25, 0.3) is 0 Å². The molecule has 3 rings (SSSR count). The van der Waals surface area contributed by atoms with Gasteiger partial charge in [-0.15, -0.1) is 0 Å². The van der Waals surface area contributed by atoms with Gasteiger partial charge in [0.2, 0.25) is 5.91 Å². The lowest BCUT2D eigenvalue weighted by Gasteiger charge is -2.09. The number of hydrogen-bond donors (Lipinski definition) is 2. The van der Waals surface area contributed by atoms with Gasteiger partial charge >= 0.3 is 0 Å². The van der Waals surface area contributed by atoms with Crippen molar-refractivity contribution in [3.63, 3.8) is 0 Å². The van der Waals surface area contributed by atoms with Crippen molar-refractivity contribution in [2.24, 2.45) is 7.05 Å². The van der Waals surface area contributed by atoms with Crippen LogP contribution in [0.4, 0.5) is 0 Å². The molecule has 0 aliphatic rings. The van der Waals surface area contributed by atoms with E-state index in [2.05, 4.69) is 20.4 Å². The highest BCUT2D eigenvalue weighted by Crippen LogP contribution is 2.20. The highest BCUT2D eigenvalue weighted by Gasteiger charge is 2.13. The van der Waals surface area contributed by atoms with Gasteiger partial charge in [-0.3, -0.25) is 9.48 Å². The third-order valence-corrected chi connectivity index (χ3v) is 4.22. The number of benzene rings is 1. The van der Waals surface area contributed by atoms with Crippen LogP contribution in [0.2, 0.25) is 5.15 Å². The van der Waals surface area contributed by atoms with E-state index in [1.807, 2.05) is 38.1 Å². The Morgan fingerprint density at radius 1 is 1.42 bits per heavy atom. The SMILES string of the molecule is Cc1nn(C)c(Cl)c1/C=C/C(=O)NC(C)c1nc2ccccc2[nH]1. The number of nitrogens with zero attached hydrogens (tertiary/aromatic N) is 3. The van der Waals surface area contributed by atoms with Crippen molar-refractivity contribution >= 4 is 34.6 Å². The van der Waals surface area contributed by atoms with Gasteiger partial charge in [0.15, 0.2) is 0 Å². The van der Waals surface area contributed by atoms with E-state index in [-0.39, 0.29) is 11.9 Å². The summed E-state index contributed by atoms with van der Waals surface area (Å²) in [6.45, 7) is 3.73. The molecule has 124 valence electrons. The molecule has 1 unspecified atom stereocenters. The monoisotopic (exact) mass is 343 g/mol. The highest BCUT2D eigenvalue weighted by atomic mass is 35.5. The van der Waals surface area contributed by atoms with E-state index < -0.39 is 0 Å². The number of aryl methyl sites for hydroxylation is 2. The second kappa shape index (κ2) is 6.49. The molecule has 3 aromatic rings. The fourth-order valence-corrected chi connectivity index (χ4v) is 2.74. The zero-order valence-electron chi connectivity index (χ0n) is 13.7. The largest absolute Gasteiger partial charge is 0.343 e. The normalized spacial score (nSPS) is 12.8. The third-order valence-electron chi connectivity index (χ3n) is 3.77. The lowest BCUT2D eigenvalue weighted by atomic mass is 10.2. The number of H-pyrrole nitrogens is 1. The Morgan fingerprint density at radius 3 is 2.83 bits per heavy atom. The molecule has 1 atom stereocenters. The second-order valence-electron chi connectivity index (χ2n) is 5.62. The number of amides is 1. The summed E-state index contributed by atoms with van der Waals surface area (Å²) in [5.41, 5.74) is 3.34. The Kier molecular flexibility index (Phi) is 4.40. The standard InChI is InChI=1S/C17H18ClN5O/c1-10-12(16(18)23(3)22-10)8-9-15(24)19-11(2)17-20-13-6-4-5-7-14(13)21-17/h4-9,11H,1-3H3,(H,19,24)(H,20,21)/b9-8+. The van der Waals surface area contributed by atoms with Crippen molar-refractivity contribution in [2.75, 3.05) is 0 Å². The number of rotatable bonds is 4. The average Bonchev–Trinajstić information content (AvgIpc) is 3.08. The quantitative estimate of drug-likeness (QED) is 0.714. The van der Waals surface area contributed by atoms with Crippen molar-refractivity contribution in [3.05, 3.63) is 52.6 Å². The van der Waals surface area contributed by atoms with Crippen molar-refractivity contribution < 1.29 is 4.79 Å². The Morgan fingerprint density at radius 2 is 2.17 bits per heavy atom. The van der Waals surface area contributed by atoms with Gasteiger partial charge < -0.3 is 10.3 Å². The van der Waals surface area contributed by atoms with Crippen molar-refractivity contribution in [1.29, 1.82) is 0 Å². The van der Waals surface area contributed by atoms with Crippen LogP contribution in [0.25, 0.3) is 17.1 Å². The molecule has 0 saturated carbocycles. The van der Waals surface area contributed by atoms with Gasteiger partial charge in [-0.1, -0.05) is 23.7 Å². The zero-order chi connectivity index (χ0) is 17.3. The smallest absolute Gasteiger partial charge is 0.244 e. The van der Waals surface area contributed by atoms with E-state index in [0.717, 1.165) is 22.3 Å². The number of carbonyl (C=O) groups is 1. The number of nitrogens with one attached hydrogen (secondary N) is 2. The van der Waals surface area contributed by atoms with Crippen LogP contribution in [0.3, 0.4) is 0 Å². The van der Waals surface area contributed by atoms with Crippen molar-refractivity contribution in [2.45, 2.75) is 19.9 Å². The molecule has 0 aliphatic carbocycles. The highest BCUT2D eigenvalue weighted by molar-refractivity contribution is 6.31. The number of hydrogen-bond acceptors (Lipinski definition) is 3. The van der Waals surface area contributed by atoms with E-state index in [1.54, 1.807) is 17.8 Å². The Balaban J connectivity index is 1.71. The van der Waals surface area contributed by atoms with Gasteiger partial charge in [0, 0.05) is 18.7 Å². The number of carbonyl (C=O) groups excluding carboxylic acids is 1. The van der Waals surface area contributed by atoms with E-state index in [9.17, 15) is 4.79 Å². The molecule has 1 amide bonds. The number of para-hydroxylation sites is 2. The molecule has 0 fully saturated rings. The summed E-state index contributed by atoms with van der Waals surface area (Å²) in [6, 6.07) is 7.51. The fraction of sp³-hybridized carbons (Fsp3) is 0.235. The van der Waals surface area contributed by atoms with E-state index in [1.165, 1.54) is 6.08 Å². The Hall–Kier alpha value is -2.60. The minimum atomic E-state index is -0.236. The second-order valence-corrected chi connectivity index (χ2v) is 5.97. The molecular formula is C17H18ClN5O. The molecule has 6 nitrogen and oxygen atoms in total. The lowest BCUT2D eigenvalue weighted by molar-refractivity contribution is -0.117. The fourth-order valence-electron chi connectivity index (χ4n) is 2.50. The molecule has 7 heteroatoms. The van der Waals surface area contributed by atoms with Crippen LogP contribution >= 0.6 is 11.6 Å². The van der Waals surface area contributed by atoms with Crippen LogP contribution in [0.5, 0.6) is 0 Å². The first-order chi connectivity index (χ1) is 11.5. The molecule has 2 N–H and O–H groups in total. The van der Waals surface area contributed by atoms with Crippen LogP contribution in [0.15, 0.2) is 30.3 Å². The molecule has 2 heterocycles. The Labute approximate surface area is 144 Å². The summed E-state index contributed by atoms with van der Waals surface area (Å²) in [6.07, 6.45) is 3.13. The van der Waals surface area contributed by atoms with E-state index in [0.29, 0.717) is 11.0 Å². The predicted octanol–water partition coefficient (Wildman–Crippen LogP) is 3.15. The summed E-state index contributed by atoms with van der Waals surface area (Å²) >= 11 is 6.15. The van der Waals surface area contributed by atoms with Gasteiger partial charge in [-0.2, -0.15) is 5.10 Å². The lowest BCUT2D eigenvalue weighted by Crippen LogP contribution is -2.25. The molecule has 1 aromatic carbocycles. The van der Waals surface area contributed by atoms with Crippen LogP contribution in [-0.4, -0.2) is 25.7 Å². The van der Waals surface area contributed by atoms with E-state index >= 15 is 0 Å². The minimum Gasteiger partial charge on any atom is -0.343 e. The number of aromatic nitrogens is 4. The number of aromatic amines is 1. The third kappa shape index (κ3) is 3.19. The first kappa shape index (κ1) is 16.3. The Bertz CT molecular complexity index is 891. The summed E-state index contributed by atoms with van der Waals surface area (Å²) in [7, 11) is 1.76. The number of halogens is 1. The van der Waals surface area contributed by atoms with Crippen LogP contribution in [-0.2, 0) is 11.8 Å². The molecule has 2 aromatic heterocycles. The first-order valence-corrected chi connectivity index (χ1v) is 7.96. The predicted molar refractivity (Wildman–Crippen MR) is 94.6 cm³/mol. The molecule has 0 bridgehead atoms. The maximum atomic E-state index is 12.1. The first-order valence-electron chi connectivity index (χ1n) is 7.58. The summed E-state index contributed by atoms with van der Waals surface area (Å²) in [5.74, 6) is 0.496. The topological polar surface area (TPSA) is 75.6 Å². The maximum absolute atomic E-state index is 12.1. The van der Waals surface area contributed by atoms with Gasteiger partial charge in [0.05, 0.1) is 22.8 Å². The molecule has 24 heavy (non-hydrogen) atoms. The maximum Gasteiger partial charge on any atom is 0.244 e. The summed E-state index contributed by atoms with van der Waals surface area (Å²) < 4.78 is 1.57.